The standard InChI is InChI=1S/C18H23NO2/c1-13(2)15-6-8-17(9-7-15)21-12-14-4-5-16(11-19)18(10-14)20-3/h4-10,13H,11-12,19H2,1-3H3. The Labute approximate surface area is 126 Å². The number of hydrogen-bond donors (Lipinski definition) is 1. The molecule has 2 aromatic rings. The Balaban J connectivity index is 2.02. The van der Waals surface area contributed by atoms with Gasteiger partial charge in [-0.2, -0.15) is 0 Å². The van der Waals surface area contributed by atoms with Crippen LogP contribution in [0.4, 0.5) is 0 Å². The van der Waals surface area contributed by atoms with E-state index in [2.05, 4.69) is 26.0 Å². The molecule has 112 valence electrons. The molecule has 2 rings (SSSR count). The van der Waals surface area contributed by atoms with E-state index in [0.717, 1.165) is 22.6 Å². The molecule has 0 saturated heterocycles. The maximum Gasteiger partial charge on any atom is 0.123 e. The van der Waals surface area contributed by atoms with Gasteiger partial charge in [0.15, 0.2) is 0 Å². The average Bonchev–Trinajstić information content (AvgIpc) is 2.52. The SMILES string of the molecule is COc1cc(COc2ccc(C(C)C)cc2)ccc1CN. The molecule has 2 N–H and O–H groups in total. The van der Waals surface area contributed by atoms with Crippen LogP contribution in [-0.2, 0) is 13.2 Å². The van der Waals surface area contributed by atoms with E-state index in [1.807, 2.05) is 30.3 Å². The second kappa shape index (κ2) is 7.14. The first-order valence-corrected chi connectivity index (χ1v) is 7.22. The van der Waals surface area contributed by atoms with Crippen molar-refractivity contribution in [3.63, 3.8) is 0 Å². The number of rotatable bonds is 6. The van der Waals surface area contributed by atoms with Crippen molar-refractivity contribution in [3.05, 3.63) is 59.2 Å². The second-order valence-electron chi connectivity index (χ2n) is 5.36. The number of benzene rings is 2. The summed E-state index contributed by atoms with van der Waals surface area (Å²) in [7, 11) is 1.66. The highest BCUT2D eigenvalue weighted by Crippen LogP contribution is 2.22. The normalized spacial score (nSPS) is 10.7. The minimum absolute atomic E-state index is 0.473. The van der Waals surface area contributed by atoms with Crippen molar-refractivity contribution in [1.29, 1.82) is 0 Å². The molecule has 3 nitrogen and oxygen atoms in total. The van der Waals surface area contributed by atoms with Crippen LogP contribution in [0.1, 0.15) is 36.5 Å². The lowest BCUT2D eigenvalue weighted by Gasteiger charge is -2.11. The van der Waals surface area contributed by atoms with Crippen LogP contribution in [0.3, 0.4) is 0 Å². The first-order valence-electron chi connectivity index (χ1n) is 7.22. The smallest absolute Gasteiger partial charge is 0.123 e. The summed E-state index contributed by atoms with van der Waals surface area (Å²) in [6.45, 7) is 5.35. The largest absolute Gasteiger partial charge is 0.496 e. The molecule has 0 spiro atoms. The number of ether oxygens (including phenoxy) is 2. The molecule has 0 aliphatic carbocycles. The topological polar surface area (TPSA) is 44.5 Å². The molecule has 0 radical (unpaired) electrons. The van der Waals surface area contributed by atoms with Gasteiger partial charge < -0.3 is 15.2 Å². The van der Waals surface area contributed by atoms with Crippen molar-refractivity contribution in [2.24, 2.45) is 5.73 Å². The highest BCUT2D eigenvalue weighted by atomic mass is 16.5. The second-order valence-corrected chi connectivity index (χ2v) is 5.36. The van der Waals surface area contributed by atoms with Gasteiger partial charge in [-0.25, -0.2) is 0 Å². The fourth-order valence-electron chi connectivity index (χ4n) is 2.16. The van der Waals surface area contributed by atoms with Gasteiger partial charge in [-0.15, -0.1) is 0 Å². The van der Waals surface area contributed by atoms with Crippen LogP contribution in [0.15, 0.2) is 42.5 Å². The minimum Gasteiger partial charge on any atom is -0.496 e. The number of hydrogen-bond acceptors (Lipinski definition) is 3. The Morgan fingerprint density at radius 1 is 1.05 bits per heavy atom. The van der Waals surface area contributed by atoms with Gasteiger partial charge >= 0.3 is 0 Å². The van der Waals surface area contributed by atoms with E-state index in [9.17, 15) is 0 Å². The molecule has 0 aromatic heterocycles. The van der Waals surface area contributed by atoms with Crippen LogP contribution in [0, 0.1) is 0 Å². The van der Waals surface area contributed by atoms with Crippen LogP contribution < -0.4 is 15.2 Å². The summed E-state index contributed by atoms with van der Waals surface area (Å²) >= 11 is 0. The van der Waals surface area contributed by atoms with Crippen molar-refractivity contribution < 1.29 is 9.47 Å². The van der Waals surface area contributed by atoms with E-state index in [0.29, 0.717) is 19.1 Å². The Bertz CT molecular complexity index is 576. The maximum atomic E-state index is 5.81. The zero-order valence-corrected chi connectivity index (χ0v) is 12.9. The highest BCUT2D eigenvalue weighted by Gasteiger charge is 2.04. The van der Waals surface area contributed by atoms with Crippen LogP contribution in [-0.4, -0.2) is 7.11 Å². The molecule has 3 heteroatoms. The first kappa shape index (κ1) is 15.4. The Morgan fingerprint density at radius 2 is 1.76 bits per heavy atom. The van der Waals surface area contributed by atoms with E-state index >= 15 is 0 Å². The molecule has 0 aliphatic heterocycles. The fraction of sp³-hybridized carbons (Fsp3) is 0.333. The van der Waals surface area contributed by atoms with Crippen molar-refractivity contribution >= 4 is 0 Å². The van der Waals surface area contributed by atoms with Crippen LogP contribution in [0.2, 0.25) is 0 Å². The van der Waals surface area contributed by atoms with E-state index in [1.165, 1.54) is 5.56 Å². The van der Waals surface area contributed by atoms with Gasteiger partial charge in [0.1, 0.15) is 18.1 Å². The van der Waals surface area contributed by atoms with Crippen molar-refractivity contribution in [2.45, 2.75) is 32.9 Å². The van der Waals surface area contributed by atoms with Crippen molar-refractivity contribution in [1.82, 2.24) is 0 Å². The van der Waals surface area contributed by atoms with Crippen LogP contribution in [0.5, 0.6) is 11.5 Å². The lowest BCUT2D eigenvalue weighted by atomic mass is 10.0. The number of nitrogens with two attached hydrogens (primary N) is 1. The third-order valence-electron chi connectivity index (χ3n) is 3.52. The van der Waals surface area contributed by atoms with Crippen LogP contribution in [0.25, 0.3) is 0 Å². The third kappa shape index (κ3) is 3.99. The Hall–Kier alpha value is -2.00. The highest BCUT2D eigenvalue weighted by molar-refractivity contribution is 5.37. The zero-order valence-electron chi connectivity index (χ0n) is 12.9. The molecule has 0 heterocycles. The number of methoxy groups -OCH3 is 1. The van der Waals surface area contributed by atoms with Gasteiger partial charge in [0.25, 0.3) is 0 Å². The maximum absolute atomic E-state index is 5.81. The van der Waals surface area contributed by atoms with Gasteiger partial charge in [0.2, 0.25) is 0 Å². The molecule has 0 saturated carbocycles. The predicted octanol–water partition coefficient (Wildman–Crippen LogP) is 3.86. The molecule has 2 aromatic carbocycles. The van der Waals surface area contributed by atoms with E-state index in [4.69, 9.17) is 15.2 Å². The molecule has 0 fully saturated rings. The van der Waals surface area contributed by atoms with Gasteiger partial charge in [0.05, 0.1) is 7.11 Å². The Morgan fingerprint density at radius 3 is 2.33 bits per heavy atom. The first-order chi connectivity index (χ1) is 10.1. The Kier molecular flexibility index (Phi) is 5.23. The van der Waals surface area contributed by atoms with Gasteiger partial charge in [-0.1, -0.05) is 38.1 Å². The van der Waals surface area contributed by atoms with Gasteiger partial charge in [0, 0.05) is 12.1 Å². The summed E-state index contributed by atoms with van der Waals surface area (Å²) in [5.74, 6) is 2.22. The monoisotopic (exact) mass is 285 g/mol. The molecular weight excluding hydrogens is 262 g/mol. The van der Waals surface area contributed by atoms with Crippen molar-refractivity contribution in [3.8, 4) is 11.5 Å². The van der Waals surface area contributed by atoms with E-state index in [1.54, 1.807) is 7.11 Å². The summed E-state index contributed by atoms with van der Waals surface area (Å²) in [6.07, 6.45) is 0. The molecule has 0 atom stereocenters. The summed E-state index contributed by atoms with van der Waals surface area (Å²) in [4.78, 5) is 0. The predicted molar refractivity (Wildman–Crippen MR) is 85.7 cm³/mol. The summed E-state index contributed by atoms with van der Waals surface area (Å²) in [5.41, 5.74) is 9.05. The molecule has 21 heavy (non-hydrogen) atoms. The fourth-order valence-corrected chi connectivity index (χ4v) is 2.16. The lowest BCUT2D eigenvalue weighted by Crippen LogP contribution is -2.02. The lowest BCUT2D eigenvalue weighted by molar-refractivity contribution is 0.305. The van der Waals surface area contributed by atoms with E-state index in [-0.39, 0.29) is 0 Å². The third-order valence-corrected chi connectivity index (χ3v) is 3.52. The molecular formula is C18H23NO2. The van der Waals surface area contributed by atoms with E-state index < -0.39 is 0 Å². The average molecular weight is 285 g/mol. The quantitative estimate of drug-likeness (QED) is 0.876. The molecule has 0 aliphatic rings. The van der Waals surface area contributed by atoms with Crippen molar-refractivity contribution in [2.75, 3.05) is 7.11 Å². The minimum atomic E-state index is 0.473. The molecule has 0 unspecified atom stereocenters. The summed E-state index contributed by atoms with van der Waals surface area (Å²) in [5, 5.41) is 0. The van der Waals surface area contributed by atoms with Gasteiger partial charge in [-0.3, -0.25) is 0 Å². The summed E-state index contributed by atoms with van der Waals surface area (Å²) in [6, 6.07) is 14.2. The van der Waals surface area contributed by atoms with Crippen LogP contribution >= 0.6 is 0 Å². The van der Waals surface area contributed by atoms with Gasteiger partial charge in [-0.05, 0) is 35.2 Å². The molecule has 0 bridgehead atoms. The molecule has 0 amide bonds. The zero-order chi connectivity index (χ0) is 15.2. The summed E-state index contributed by atoms with van der Waals surface area (Å²) < 4.78 is 11.1.